The van der Waals surface area contributed by atoms with Gasteiger partial charge in [0.15, 0.2) is 5.82 Å². The predicted molar refractivity (Wildman–Crippen MR) is 89.7 cm³/mol. The second-order valence-electron chi connectivity index (χ2n) is 5.04. The molecule has 0 radical (unpaired) electrons. The van der Waals surface area contributed by atoms with Crippen molar-refractivity contribution in [1.82, 2.24) is 15.1 Å². The van der Waals surface area contributed by atoms with E-state index in [2.05, 4.69) is 9.97 Å². The molecule has 3 aromatic rings. The monoisotopic (exact) mass is 334 g/mol. The van der Waals surface area contributed by atoms with Crippen LogP contribution in [-0.4, -0.2) is 27.0 Å². The van der Waals surface area contributed by atoms with E-state index in [9.17, 15) is 9.59 Å². The molecule has 2 N–H and O–H groups in total. The summed E-state index contributed by atoms with van der Waals surface area (Å²) in [6.45, 7) is 0. The molecular weight excluding hydrogens is 320 g/mol. The molecule has 3 rings (SSSR count). The largest absolute Gasteiger partial charge is 0.368 e. The third kappa shape index (κ3) is 3.85. The maximum absolute atomic E-state index is 12.1. The van der Waals surface area contributed by atoms with E-state index in [1.807, 2.05) is 30.3 Å². The Morgan fingerprint density at radius 3 is 2.00 bits per heavy atom. The van der Waals surface area contributed by atoms with Gasteiger partial charge in [-0.15, -0.1) is 0 Å². The summed E-state index contributed by atoms with van der Waals surface area (Å²) in [6.07, 6.45) is 2.64. The molecule has 7 heteroatoms. The second kappa shape index (κ2) is 7.33. The van der Waals surface area contributed by atoms with Crippen molar-refractivity contribution < 1.29 is 14.4 Å². The van der Waals surface area contributed by atoms with Crippen molar-refractivity contribution in [3.05, 3.63) is 84.2 Å². The highest BCUT2D eigenvalue weighted by atomic mass is 16.7. The van der Waals surface area contributed by atoms with E-state index in [4.69, 9.17) is 10.7 Å². The molecule has 0 fully saturated rings. The van der Waals surface area contributed by atoms with E-state index in [0.717, 1.165) is 5.56 Å². The van der Waals surface area contributed by atoms with Crippen LogP contribution in [0.25, 0.3) is 11.4 Å². The number of carbonyl (C=O) groups excluding carboxylic acids is 2. The van der Waals surface area contributed by atoms with Gasteiger partial charge in [-0.3, -0.25) is 4.79 Å². The highest BCUT2D eigenvalue weighted by Crippen LogP contribution is 2.13. The van der Waals surface area contributed by atoms with Crippen LogP contribution in [0, 0.1) is 0 Å². The topological polar surface area (TPSA) is 98.4 Å². The maximum Gasteiger partial charge on any atom is 0.368 e. The van der Waals surface area contributed by atoms with Crippen LogP contribution in [0.4, 0.5) is 0 Å². The SMILES string of the molecule is NN(OC(=O)c1cnc(-c2ccccc2)nc1)C(=O)c1ccccc1. The van der Waals surface area contributed by atoms with Gasteiger partial charge in [-0.2, -0.15) is 0 Å². The lowest BCUT2D eigenvalue weighted by molar-refractivity contribution is -0.0829. The Hall–Kier alpha value is -3.58. The first kappa shape index (κ1) is 16.3. The molecule has 0 unspecified atom stereocenters. The zero-order valence-electron chi connectivity index (χ0n) is 13.1. The van der Waals surface area contributed by atoms with E-state index in [0.29, 0.717) is 16.6 Å². The zero-order chi connectivity index (χ0) is 17.6. The van der Waals surface area contributed by atoms with Crippen LogP contribution in [0.1, 0.15) is 20.7 Å². The van der Waals surface area contributed by atoms with Crippen molar-refractivity contribution >= 4 is 11.9 Å². The van der Waals surface area contributed by atoms with E-state index in [-0.39, 0.29) is 5.56 Å². The van der Waals surface area contributed by atoms with E-state index < -0.39 is 11.9 Å². The summed E-state index contributed by atoms with van der Waals surface area (Å²) in [7, 11) is 0. The number of benzene rings is 2. The molecule has 7 nitrogen and oxygen atoms in total. The molecule has 1 amide bonds. The number of hydrogen-bond donors (Lipinski definition) is 1. The van der Waals surface area contributed by atoms with Gasteiger partial charge in [-0.1, -0.05) is 53.7 Å². The first-order valence-corrected chi connectivity index (χ1v) is 7.39. The number of aromatic nitrogens is 2. The van der Waals surface area contributed by atoms with Crippen molar-refractivity contribution in [2.75, 3.05) is 0 Å². The molecule has 0 bridgehead atoms. The van der Waals surface area contributed by atoms with Crippen molar-refractivity contribution in [2.24, 2.45) is 5.84 Å². The molecule has 124 valence electrons. The lowest BCUT2D eigenvalue weighted by Gasteiger charge is -2.15. The minimum Gasteiger partial charge on any atom is -0.317 e. The summed E-state index contributed by atoms with van der Waals surface area (Å²) in [4.78, 5) is 37.2. The first-order chi connectivity index (χ1) is 12.1. The van der Waals surface area contributed by atoms with Crippen molar-refractivity contribution in [3.8, 4) is 11.4 Å². The maximum atomic E-state index is 12.1. The number of amides is 1. The minimum absolute atomic E-state index is 0.0796. The molecule has 0 aliphatic heterocycles. The van der Waals surface area contributed by atoms with Crippen LogP contribution < -0.4 is 5.84 Å². The van der Waals surface area contributed by atoms with Gasteiger partial charge < -0.3 is 4.84 Å². The van der Waals surface area contributed by atoms with Crippen molar-refractivity contribution in [2.45, 2.75) is 0 Å². The fourth-order valence-corrected chi connectivity index (χ4v) is 2.06. The van der Waals surface area contributed by atoms with Gasteiger partial charge in [0.05, 0.1) is 5.56 Å². The van der Waals surface area contributed by atoms with Gasteiger partial charge >= 0.3 is 11.9 Å². The van der Waals surface area contributed by atoms with Gasteiger partial charge in [0.2, 0.25) is 0 Å². The number of nitrogens with two attached hydrogens (primary N) is 1. The molecule has 1 heterocycles. The van der Waals surface area contributed by atoms with Gasteiger partial charge in [0, 0.05) is 23.5 Å². The van der Waals surface area contributed by atoms with Crippen molar-refractivity contribution in [1.29, 1.82) is 0 Å². The fraction of sp³-hybridized carbons (Fsp3) is 0. The lowest BCUT2D eigenvalue weighted by atomic mass is 10.2. The summed E-state index contributed by atoms with van der Waals surface area (Å²) >= 11 is 0. The standard InChI is InChI=1S/C18H14N4O3/c19-22(17(23)14-9-5-2-6-10-14)25-18(24)15-11-20-16(21-12-15)13-7-3-1-4-8-13/h1-12H,19H2. The number of hydrogen-bond acceptors (Lipinski definition) is 6. The molecule has 0 aliphatic rings. The molecule has 2 aromatic carbocycles. The van der Waals surface area contributed by atoms with Crippen LogP contribution in [0.15, 0.2) is 73.1 Å². The summed E-state index contributed by atoms with van der Waals surface area (Å²) in [5.74, 6) is 4.51. The summed E-state index contributed by atoms with van der Waals surface area (Å²) in [5, 5.41) is 0.392. The van der Waals surface area contributed by atoms with Gasteiger partial charge in [-0.25, -0.2) is 20.6 Å². The quantitative estimate of drug-likeness (QED) is 0.448. The van der Waals surface area contributed by atoms with Crippen LogP contribution in [0.5, 0.6) is 0 Å². The van der Waals surface area contributed by atoms with E-state index >= 15 is 0 Å². The minimum atomic E-state index is -0.827. The van der Waals surface area contributed by atoms with Crippen LogP contribution >= 0.6 is 0 Å². The van der Waals surface area contributed by atoms with E-state index in [1.54, 1.807) is 30.3 Å². The average molecular weight is 334 g/mol. The summed E-state index contributed by atoms with van der Waals surface area (Å²) < 4.78 is 0. The highest BCUT2D eigenvalue weighted by molar-refractivity contribution is 5.95. The first-order valence-electron chi connectivity index (χ1n) is 7.39. The molecule has 1 aromatic heterocycles. The Labute approximate surface area is 143 Å². The number of hydrazine groups is 1. The zero-order valence-corrected chi connectivity index (χ0v) is 13.1. The number of hydroxylamine groups is 1. The fourth-order valence-electron chi connectivity index (χ4n) is 2.06. The van der Waals surface area contributed by atoms with Gasteiger partial charge in [-0.05, 0) is 12.1 Å². The normalized spacial score (nSPS) is 10.1. The summed E-state index contributed by atoms with van der Waals surface area (Å²) in [6, 6.07) is 17.6. The molecule has 0 spiro atoms. The van der Waals surface area contributed by atoms with Crippen LogP contribution in [0.2, 0.25) is 0 Å². The number of nitrogens with zero attached hydrogens (tertiary/aromatic N) is 3. The smallest absolute Gasteiger partial charge is 0.317 e. The molecule has 0 saturated heterocycles. The second-order valence-corrected chi connectivity index (χ2v) is 5.04. The number of rotatable bonds is 3. The average Bonchev–Trinajstić information content (AvgIpc) is 2.68. The van der Waals surface area contributed by atoms with Crippen LogP contribution in [0.3, 0.4) is 0 Å². The predicted octanol–water partition coefficient (Wildman–Crippen LogP) is 2.23. The lowest BCUT2D eigenvalue weighted by Crippen LogP contribution is -2.39. The Bertz CT molecular complexity index is 868. The highest BCUT2D eigenvalue weighted by Gasteiger charge is 2.19. The van der Waals surface area contributed by atoms with Crippen LogP contribution in [-0.2, 0) is 4.84 Å². The third-order valence-corrected chi connectivity index (χ3v) is 3.32. The van der Waals surface area contributed by atoms with Gasteiger partial charge in [0.1, 0.15) is 0 Å². The third-order valence-electron chi connectivity index (χ3n) is 3.32. The Kier molecular flexibility index (Phi) is 4.77. The van der Waals surface area contributed by atoms with E-state index in [1.165, 1.54) is 12.4 Å². The Balaban J connectivity index is 1.68. The molecule has 0 atom stereocenters. The Morgan fingerprint density at radius 2 is 1.40 bits per heavy atom. The summed E-state index contributed by atoms with van der Waals surface area (Å²) in [5.41, 5.74) is 1.20. The number of carbonyl (C=O) groups is 2. The molecule has 25 heavy (non-hydrogen) atoms. The van der Waals surface area contributed by atoms with Crippen molar-refractivity contribution in [3.63, 3.8) is 0 Å². The Morgan fingerprint density at radius 1 is 0.840 bits per heavy atom. The van der Waals surface area contributed by atoms with Gasteiger partial charge in [0.25, 0.3) is 0 Å². The molecular formula is C18H14N4O3. The molecule has 0 saturated carbocycles. The molecule has 0 aliphatic carbocycles.